The van der Waals surface area contributed by atoms with E-state index in [1.807, 2.05) is 13.1 Å². The van der Waals surface area contributed by atoms with Crippen molar-refractivity contribution < 1.29 is 9.84 Å². The van der Waals surface area contributed by atoms with Crippen LogP contribution in [0.2, 0.25) is 0 Å². The lowest BCUT2D eigenvalue weighted by Gasteiger charge is -2.24. The van der Waals surface area contributed by atoms with Crippen molar-refractivity contribution in [3.05, 3.63) is 23.8 Å². The molecule has 2 N–H and O–H groups in total. The van der Waals surface area contributed by atoms with Crippen LogP contribution >= 0.6 is 0 Å². The number of hydrogen-bond donors (Lipinski definition) is 2. The van der Waals surface area contributed by atoms with Gasteiger partial charge in [-0.1, -0.05) is 13.8 Å². The molecule has 1 unspecified atom stereocenters. The van der Waals surface area contributed by atoms with Crippen LogP contribution in [0.15, 0.2) is 23.2 Å². The normalized spacial score (nSPS) is 18.0. The summed E-state index contributed by atoms with van der Waals surface area (Å²) in [6, 6.07) is 5.27. The van der Waals surface area contributed by atoms with Gasteiger partial charge in [-0.15, -0.1) is 0 Å². The van der Waals surface area contributed by atoms with E-state index in [1.54, 1.807) is 19.2 Å². The topological polar surface area (TPSA) is 60.3 Å². The molecule has 1 atom stereocenters. The fraction of sp³-hybridized carbons (Fsp3) is 0.632. The highest BCUT2D eigenvalue weighted by Gasteiger charge is 2.25. The first-order valence-electron chi connectivity index (χ1n) is 9.15. The Kier molecular flexibility index (Phi) is 7.37. The molecule has 1 aromatic carbocycles. The van der Waals surface area contributed by atoms with Crippen LogP contribution in [0.5, 0.6) is 11.5 Å². The molecule has 0 bridgehead atoms. The van der Waals surface area contributed by atoms with Crippen molar-refractivity contribution in [3.8, 4) is 11.5 Å². The fourth-order valence-corrected chi connectivity index (χ4v) is 3.36. The zero-order valence-corrected chi connectivity index (χ0v) is 16.0. The molecule has 0 amide bonds. The van der Waals surface area contributed by atoms with E-state index in [-0.39, 0.29) is 5.75 Å². The van der Waals surface area contributed by atoms with Gasteiger partial charge in [0.25, 0.3) is 0 Å². The number of phenolic OH excluding ortho intramolecular Hbond substituents is 1. The van der Waals surface area contributed by atoms with Crippen molar-refractivity contribution in [2.24, 2.45) is 10.9 Å². The second-order valence-corrected chi connectivity index (χ2v) is 6.48. The van der Waals surface area contributed by atoms with Crippen LogP contribution in [-0.2, 0) is 6.54 Å². The monoisotopic (exact) mass is 348 g/mol. The number of nitrogens with one attached hydrogen (secondary N) is 1. The van der Waals surface area contributed by atoms with Crippen LogP contribution in [0.25, 0.3) is 0 Å². The summed E-state index contributed by atoms with van der Waals surface area (Å²) in [5.74, 6) is 2.59. The summed E-state index contributed by atoms with van der Waals surface area (Å²) >= 11 is 0. The Morgan fingerprint density at radius 1 is 1.40 bits per heavy atom. The lowest BCUT2D eigenvalue weighted by Crippen LogP contribution is -2.40. The van der Waals surface area contributed by atoms with Gasteiger partial charge >= 0.3 is 0 Å². The molecule has 1 saturated heterocycles. The third-order valence-corrected chi connectivity index (χ3v) is 4.93. The second-order valence-electron chi connectivity index (χ2n) is 6.48. The smallest absolute Gasteiger partial charge is 0.193 e. The molecule has 2 rings (SSSR count). The number of aromatic hydroxyl groups is 1. The van der Waals surface area contributed by atoms with Crippen molar-refractivity contribution in [2.75, 3.05) is 46.9 Å². The lowest BCUT2D eigenvalue weighted by atomic mass is 10.1. The van der Waals surface area contributed by atoms with Gasteiger partial charge in [-0.2, -0.15) is 0 Å². The molecule has 0 radical (unpaired) electrons. The van der Waals surface area contributed by atoms with E-state index in [9.17, 15) is 5.11 Å². The molecule has 1 aliphatic heterocycles. The first-order valence-corrected chi connectivity index (χ1v) is 9.15. The van der Waals surface area contributed by atoms with E-state index < -0.39 is 0 Å². The second kappa shape index (κ2) is 9.51. The maximum Gasteiger partial charge on any atom is 0.193 e. The Morgan fingerprint density at radius 3 is 2.80 bits per heavy atom. The Labute approximate surface area is 151 Å². The Balaban J connectivity index is 1.91. The number of benzene rings is 1. The molecular formula is C19H32N4O2. The van der Waals surface area contributed by atoms with Crippen LogP contribution in [0, 0.1) is 5.92 Å². The van der Waals surface area contributed by atoms with Crippen LogP contribution in [0.3, 0.4) is 0 Å². The average Bonchev–Trinajstić information content (AvgIpc) is 3.10. The summed E-state index contributed by atoms with van der Waals surface area (Å²) in [6.07, 6.45) is 1.20. The molecule has 25 heavy (non-hydrogen) atoms. The van der Waals surface area contributed by atoms with Gasteiger partial charge in [0.15, 0.2) is 5.96 Å². The Hall–Kier alpha value is -1.95. The molecule has 1 aliphatic rings. The highest BCUT2D eigenvalue weighted by atomic mass is 16.5. The molecule has 0 saturated carbocycles. The molecule has 6 nitrogen and oxygen atoms in total. The third-order valence-electron chi connectivity index (χ3n) is 4.93. The predicted octanol–water partition coefficient (Wildman–Crippen LogP) is 2.14. The number of guanidine groups is 1. The summed E-state index contributed by atoms with van der Waals surface area (Å²) in [6.45, 7) is 10.4. The number of methoxy groups -OCH3 is 1. The first kappa shape index (κ1) is 19.4. The zero-order chi connectivity index (χ0) is 18.2. The first-order chi connectivity index (χ1) is 12.1. The van der Waals surface area contributed by atoms with Crippen LogP contribution < -0.4 is 10.1 Å². The summed E-state index contributed by atoms with van der Waals surface area (Å²) in [7, 11) is 3.44. The predicted molar refractivity (Wildman–Crippen MR) is 102 cm³/mol. The van der Waals surface area contributed by atoms with E-state index >= 15 is 0 Å². The number of phenols is 1. The molecular weight excluding hydrogens is 316 g/mol. The van der Waals surface area contributed by atoms with Gasteiger partial charge in [0.1, 0.15) is 11.5 Å². The number of likely N-dealkylation sites (tertiary alicyclic amines) is 1. The third kappa shape index (κ3) is 5.26. The maximum absolute atomic E-state index is 10.0. The van der Waals surface area contributed by atoms with Gasteiger partial charge in [0.2, 0.25) is 0 Å². The summed E-state index contributed by atoms with van der Waals surface area (Å²) in [5, 5.41) is 13.4. The number of nitrogens with zero attached hydrogens (tertiary/aromatic N) is 3. The van der Waals surface area contributed by atoms with Crippen molar-refractivity contribution >= 4 is 5.96 Å². The molecule has 1 heterocycles. The fourth-order valence-electron chi connectivity index (χ4n) is 3.36. The van der Waals surface area contributed by atoms with E-state index in [4.69, 9.17) is 4.74 Å². The lowest BCUT2D eigenvalue weighted by molar-refractivity contribution is 0.255. The van der Waals surface area contributed by atoms with Gasteiger partial charge in [0.05, 0.1) is 7.11 Å². The van der Waals surface area contributed by atoms with Gasteiger partial charge in [-0.25, -0.2) is 0 Å². The molecule has 6 heteroatoms. The molecule has 0 spiro atoms. The standard InChI is InChI=1S/C19H32N4O2/c1-5-22(6-2)13-15-9-10-23(14-15)19(20-3)21-12-16-11-17(25-4)7-8-18(16)24/h7-8,11,15,24H,5-6,9-10,12-14H2,1-4H3,(H,20,21). The van der Waals surface area contributed by atoms with E-state index in [2.05, 4.69) is 34.0 Å². The number of aliphatic imine (C=N–C) groups is 1. The van der Waals surface area contributed by atoms with E-state index in [0.717, 1.165) is 50.0 Å². The van der Waals surface area contributed by atoms with Gasteiger partial charge in [-0.05, 0) is 43.6 Å². The summed E-state index contributed by atoms with van der Waals surface area (Å²) in [5.41, 5.74) is 0.805. The largest absolute Gasteiger partial charge is 0.508 e. The van der Waals surface area contributed by atoms with E-state index in [0.29, 0.717) is 12.5 Å². The molecule has 0 aliphatic carbocycles. The molecule has 140 valence electrons. The minimum atomic E-state index is 0.268. The Bertz CT molecular complexity index is 573. The zero-order valence-electron chi connectivity index (χ0n) is 16.0. The minimum absolute atomic E-state index is 0.268. The quantitative estimate of drug-likeness (QED) is 0.584. The van der Waals surface area contributed by atoms with Gasteiger partial charge < -0.3 is 25.0 Å². The highest BCUT2D eigenvalue weighted by Crippen LogP contribution is 2.23. The van der Waals surface area contributed by atoms with Crippen LogP contribution in [0.1, 0.15) is 25.8 Å². The highest BCUT2D eigenvalue weighted by molar-refractivity contribution is 5.80. The van der Waals surface area contributed by atoms with Crippen molar-refractivity contribution in [1.29, 1.82) is 0 Å². The molecule has 1 fully saturated rings. The molecule has 1 aromatic rings. The Morgan fingerprint density at radius 2 is 2.16 bits per heavy atom. The summed E-state index contributed by atoms with van der Waals surface area (Å²) in [4.78, 5) is 9.21. The molecule has 0 aromatic heterocycles. The average molecular weight is 348 g/mol. The van der Waals surface area contributed by atoms with Crippen LogP contribution in [-0.4, -0.2) is 67.7 Å². The SMILES string of the molecule is CCN(CC)CC1CCN(C(=NC)NCc2cc(OC)ccc2O)C1. The maximum atomic E-state index is 10.0. The van der Waals surface area contributed by atoms with Crippen molar-refractivity contribution in [1.82, 2.24) is 15.1 Å². The van der Waals surface area contributed by atoms with Gasteiger partial charge in [0, 0.05) is 38.8 Å². The summed E-state index contributed by atoms with van der Waals surface area (Å²) < 4.78 is 5.23. The number of rotatable bonds is 7. The van der Waals surface area contributed by atoms with Crippen LogP contribution in [0.4, 0.5) is 0 Å². The minimum Gasteiger partial charge on any atom is -0.508 e. The van der Waals surface area contributed by atoms with Crippen molar-refractivity contribution in [3.63, 3.8) is 0 Å². The van der Waals surface area contributed by atoms with E-state index in [1.165, 1.54) is 6.42 Å². The number of ether oxygens (including phenoxy) is 1. The number of hydrogen-bond acceptors (Lipinski definition) is 4. The van der Waals surface area contributed by atoms with Crippen molar-refractivity contribution in [2.45, 2.75) is 26.8 Å². The van der Waals surface area contributed by atoms with Gasteiger partial charge in [-0.3, -0.25) is 4.99 Å².